The van der Waals surface area contributed by atoms with Gasteiger partial charge in [0.25, 0.3) is 11.1 Å². The molecule has 0 unspecified atom stereocenters. The van der Waals surface area contributed by atoms with Crippen LogP contribution in [0.25, 0.3) is 11.8 Å². The summed E-state index contributed by atoms with van der Waals surface area (Å²) in [6, 6.07) is 16.8. The van der Waals surface area contributed by atoms with Gasteiger partial charge < -0.3 is 14.0 Å². The molecule has 30 heavy (non-hydrogen) atoms. The zero-order valence-electron chi connectivity index (χ0n) is 16.4. The van der Waals surface area contributed by atoms with E-state index in [-0.39, 0.29) is 17.9 Å². The molecule has 0 bridgehead atoms. The van der Waals surface area contributed by atoms with Crippen LogP contribution < -0.4 is 14.4 Å². The van der Waals surface area contributed by atoms with Gasteiger partial charge in [-0.3, -0.25) is 9.59 Å². The van der Waals surface area contributed by atoms with Crippen molar-refractivity contribution in [2.45, 2.75) is 13.8 Å². The average molecular weight is 418 g/mol. The Hall–Kier alpha value is -3.45. The number of benzene rings is 2. The minimum atomic E-state index is -0.302. The molecule has 3 heterocycles. The van der Waals surface area contributed by atoms with Crippen molar-refractivity contribution < 1.29 is 19.1 Å². The third-order valence-corrected chi connectivity index (χ3v) is 6.05. The van der Waals surface area contributed by atoms with Crippen molar-refractivity contribution in [2.24, 2.45) is 0 Å². The van der Waals surface area contributed by atoms with Gasteiger partial charge in [-0.1, -0.05) is 18.2 Å². The number of fused-ring (bicyclic) bond motifs is 1. The first-order chi connectivity index (χ1) is 14.5. The fraction of sp³-hybridized carbons (Fsp3) is 0.130. The van der Waals surface area contributed by atoms with Crippen molar-refractivity contribution in [3.63, 3.8) is 0 Å². The molecule has 0 atom stereocenters. The fourth-order valence-corrected chi connectivity index (χ4v) is 4.60. The maximum absolute atomic E-state index is 12.9. The predicted octanol–water partition coefficient (Wildman–Crippen LogP) is 5.06. The molecule has 0 N–H and O–H groups in total. The summed E-state index contributed by atoms with van der Waals surface area (Å²) in [6.45, 7) is 4.22. The number of anilines is 1. The Morgan fingerprint density at radius 3 is 2.50 bits per heavy atom. The smallest absolute Gasteiger partial charge is 0.298 e. The Morgan fingerprint density at radius 2 is 1.70 bits per heavy atom. The zero-order chi connectivity index (χ0) is 20.8. The molecule has 1 saturated heterocycles. The van der Waals surface area contributed by atoms with Gasteiger partial charge in [0.2, 0.25) is 6.79 Å². The molecular weight excluding hydrogens is 400 g/mol. The van der Waals surface area contributed by atoms with Crippen molar-refractivity contribution >= 4 is 34.7 Å². The van der Waals surface area contributed by atoms with E-state index in [9.17, 15) is 9.59 Å². The summed E-state index contributed by atoms with van der Waals surface area (Å²) in [6.07, 6.45) is 1.79. The van der Waals surface area contributed by atoms with Gasteiger partial charge in [0.15, 0.2) is 11.5 Å². The SMILES string of the molecule is Cc1cc(C=C2SC(=O)N(c3ccccc3)C2=O)c(C)n1-c1ccc2c(c1)OCO2. The van der Waals surface area contributed by atoms with E-state index in [1.54, 1.807) is 30.3 Å². The Kier molecular flexibility index (Phi) is 4.40. The fourth-order valence-electron chi connectivity index (χ4n) is 3.76. The summed E-state index contributed by atoms with van der Waals surface area (Å²) >= 11 is 0.960. The molecule has 2 aliphatic heterocycles. The molecule has 5 rings (SSSR count). The second-order valence-corrected chi connectivity index (χ2v) is 8.05. The van der Waals surface area contributed by atoms with Crippen LogP contribution >= 0.6 is 11.8 Å². The molecule has 1 aromatic heterocycles. The van der Waals surface area contributed by atoms with Gasteiger partial charge in [0.05, 0.1) is 10.6 Å². The highest BCUT2D eigenvalue weighted by atomic mass is 32.2. The van der Waals surface area contributed by atoms with Crippen molar-refractivity contribution in [3.8, 4) is 17.2 Å². The highest BCUT2D eigenvalue weighted by Gasteiger charge is 2.36. The normalized spacial score (nSPS) is 16.7. The van der Waals surface area contributed by atoms with E-state index in [4.69, 9.17) is 9.47 Å². The summed E-state index contributed by atoms with van der Waals surface area (Å²) in [5, 5.41) is -0.290. The third kappa shape index (κ3) is 2.98. The average Bonchev–Trinajstić information content (AvgIpc) is 3.39. The minimum Gasteiger partial charge on any atom is -0.454 e. The van der Waals surface area contributed by atoms with Gasteiger partial charge in [0, 0.05) is 23.1 Å². The molecule has 0 radical (unpaired) electrons. The van der Waals surface area contributed by atoms with Crippen molar-refractivity contribution in [1.29, 1.82) is 0 Å². The van der Waals surface area contributed by atoms with Crippen LogP contribution in [0.4, 0.5) is 10.5 Å². The molecule has 6 nitrogen and oxygen atoms in total. The molecule has 150 valence electrons. The number of amides is 2. The molecule has 1 fully saturated rings. The number of ether oxygens (including phenoxy) is 2. The Balaban J connectivity index is 1.50. The van der Waals surface area contributed by atoms with Gasteiger partial charge in [-0.15, -0.1) is 0 Å². The highest BCUT2D eigenvalue weighted by Crippen LogP contribution is 2.38. The number of thioether (sulfide) groups is 1. The van der Waals surface area contributed by atoms with Crippen molar-refractivity contribution in [2.75, 3.05) is 11.7 Å². The molecule has 0 saturated carbocycles. The number of aromatic nitrogens is 1. The van der Waals surface area contributed by atoms with Crippen LogP contribution in [-0.4, -0.2) is 22.5 Å². The van der Waals surface area contributed by atoms with Crippen LogP contribution in [0.3, 0.4) is 0 Å². The summed E-state index contributed by atoms with van der Waals surface area (Å²) in [4.78, 5) is 27.0. The van der Waals surface area contributed by atoms with E-state index in [1.807, 2.05) is 44.2 Å². The lowest BCUT2D eigenvalue weighted by molar-refractivity contribution is -0.113. The molecule has 0 spiro atoms. The Bertz CT molecular complexity index is 1210. The zero-order valence-corrected chi connectivity index (χ0v) is 17.2. The quantitative estimate of drug-likeness (QED) is 0.556. The standard InChI is InChI=1S/C23H18N2O4S/c1-14-10-16(15(2)24(14)18-8-9-19-20(12-18)29-13-28-19)11-21-22(26)25(23(27)30-21)17-6-4-3-5-7-17/h3-12H,13H2,1-2H3. The van der Waals surface area contributed by atoms with E-state index in [1.165, 1.54) is 4.90 Å². The number of nitrogens with zero attached hydrogens (tertiary/aromatic N) is 2. The molecule has 2 aliphatic rings. The number of imide groups is 1. The number of hydrogen-bond donors (Lipinski definition) is 0. The van der Waals surface area contributed by atoms with Crippen LogP contribution in [0, 0.1) is 13.8 Å². The number of carbonyl (C=O) groups excluding carboxylic acids is 2. The van der Waals surface area contributed by atoms with E-state index < -0.39 is 0 Å². The monoisotopic (exact) mass is 418 g/mol. The summed E-state index contributed by atoms with van der Waals surface area (Å²) in [5.41, 5.74) is 4.40. The number of hydrogen-bond acceptors (Lipinski definition) is 5. The van der Waals surface area contributed by atoms with Crippen LogP contribution in [0.2, 0.25) is 0 Å². The summed E-state index contributed by atoms with van der Waals surface area (Å²) in [5.74, 6) is 1.14. The second kappa shape index (κ2) is 7.11. The van der Waals surface area contributed by atoms with Crippen molar-refractivity contribution in [1.82, 2.24) is 4.57 Å². The van der Waals surface area contributed by atoms with Gasteiger partial charge in [0.1, 0.15) is 0 Å². The molecule has 0 aliphatic carbocycles. The number of para-hydroxylation sites is 1. The Morgan fingerprint density at radius 1 is 0.933 bits per heavy atom. The predicted molar refractivity (Wildman–Crippen MR) is 116 cm³/mol. The van der Waals surface area contributed by atoms with Gasteiger partial charge in [-0.2, -0.15) is 0 Å². The van der Waals surface area contributed by atoms with Crippen LogP contribution in [-0.2, 0) is 4.79 Å². The molecule has 3 aromatic rings. The first-order valence-electron chi connectivity index (χ1n) is 9.45. The number of rotatable bonds is 3. The lowest BCUT2D eigenvalue weighted by Crippen LogP contribution is -2.27. The second-order valence-electron chi connectivity index (χ2n) is 7.05. The Labute approximate surface area is 177 Å². The van der Waals surface area contributed by atoms with Gasteiger partial charge in [-0.05, 0) is 67.6 Å². The largest absolute Gasteiger partial charge is 0.454 e. The van der Waals surface area contributed by atoms with Crippen LogP contribution in [0.1, 0.15) is 17.0 Å². The minimum absolute atomic E-state index is 0.227. The topological polar surface area (TPSA) is 60.8 Å². The van der Waals surface area contributed by atoms with Gasteiger partial charge in [-0.25, -0.2) is 4.90 Å². The lowest BCUT2D eigenvalue weighted by atomic mass is 10.2. The lowest BCUT2D eigenvalue weighted by Gasteiger charge is -2.11. The van der Waals surface area contributed by atoms with E-state index >= 15 is 0 Å². The number of carbonyl (C=O) groups is 2. The summed E-state index contributed by atoms with van der Waals surface area (Å²) in [7, 11) is 0. The van der Waals surface area contributed by atoms with E-state index in [0.29, 0.717) is 16.3 Å². The molecule has 2 aromatic carbocycles. The summed E-state index contributed by atoms with van der Waals surface area (Å²) < 4.78 is 13.0. The maximum Gasteiger partial charge on any atom is 0.298 e. The first kappa shape index (κ1) is 18.6. The van der Waals surface area contributed by atoms with Crippen LogP contribution in [0.15, 0.2) is 59.5 Å². The maximum atomic E-state index is 12.9. The van der Waals surface area contributed by atoms with Crippen molar-refractivity contribution in [3.05, 3.63) is 76.5 Å². The number of aryl methyl sites for hydroxylation is 1. The van der Waals surface area contributed by atoms with Gasteiger partial charge >= 0.3 is 0 Å². The third-order valence-electron chi connectivity index (χ3n) is 5.18. The highest BCUT2D eigenvalue weighted by molar-refractivity contribution is 8.19. The van der Waals surface area contributed by atoms with E-state index in [2.05, 4.69) is 4.57 Å². The van der Waals surface area contributed by atoms with Crippen LogP contribution in [0.5, 0.6) is 11.5 Å². The first-order valence-corrected chi connectivity index (χ1v) is 10.3. The molecule has 2 amide bonds. The molecular formula is C23H18N2O4S. The van der Waals surface area contributed by atoms with E-state index in [0.717, 1.165) is 40.2 Å². The molecule has 7 heteroatoms.